The van der Waals surface area contributed by atoms with Crippen LogP contribution in [0.4, 0.5) is 0 Å². The molecule has 3 rings (SSSR count). The molecule has 0 saturated carbocycles. The number of nitrogens with zero attached hydrogens (tertiary/aromatic N) is 2. The molecule has 4 atom stereocenters. The molecule has 22 heavy (non-hydrogen) atoms. The summed E-state index contributed by atoms with van der Waals surface area (Å²) in [4.78, 5) is 4.44. The van der Waals surface area contributed by atoms with Crippen molar-refractivity contribution in [3.63, 3.8) is 0 Å². The summed E-state index contributed by atoms with van der Waals surface area (Å²) in [5.74, 6) is 0. The van der Waals surface area contributed by atoms with Crippen LogP contribution in [-0.4, -0.2) is 56.0 Å². The molecule has 6 nitrogen and oxygen atoms in total. The molecule has 0 amide bonds. The highest BCUT2D eigenvalue weighted by Crippen LogP contribution is 2.37. The van der Waals surface area contributed by atoms with Crippen LogP contribution in [0.15, 0.2) is 17.3 Å². The Morgan fingerprint density at radius 3 is 2.55 bits per heavy atom. The molecule has 1 fully saturated rings. The van der Waals surface area contributed by atoms with Crippen molar-refractivity contribution in [1.29, 1.82) is 0 Å². The molecule has 0 radical (unpaired) electrons. The van der Waals surface area contributed by atoms with Crippen molar-refractivity contribution in [3.8, 4) is 0 Å². The molecule has 1 aliphatic rings. The van der Waals surface area contributed by atoms with Crippen molar-refractivity contribution in [2.75, 3.05) is 12.9 Å². The molecule has 0 spiro atoms. The number of fused-ring (bicyclic) bond motifs is 1. The Morgan fingerprint density at radius 1 is 1.27 bits per heavy atom. The molecule has 120 valence electrons. The predicted molar refractivity (Wildman–Crippen MR) is 84.5 cm³/mol. The number of aliphatic hydroxyl groups excluding tert-OH is 3. The van der Waals surface area contributed by atoms with Gasteiger partial charge in [-0.25, -0.2) is 4.98 Å². The van der Waals surface area contributed by atoms with E-state index < -0.39 is 24.5 Å². The zero-order chi connectivity index (χ0) is 16.0. The zero-order valence-corrected chi connectivity index (χ0v) is 13.8. The van der Waals surface area contributed by atoms with Gasteiger partial charge in [0.05, 0.1) is 27.7 Å². The lowest BCUT2D eigenvalue weighted by Crippen LogP contribution is -2.33. The van der Waals surface area contributed by atoms with Crippen LogP contribution in [-0.2, 0) is 4.74 Å². The van der Waals surface area contributed by atoms with Crippen molar-refractivity contribution in [1.82, 2.24) is 9.55 Å². The first-order valence-electron chi connectivity index (χ1n) is 6.51. The van der Waals surface area contributed by atoms with Gasteiger partial charge in [-0.05, 0) is 18.4 Å². The lowest BCUT2D eigenvalue weighted by atomic mass is 10.1. The fraction of sp³-hybridized carbons (Fsp3) is 0.462. The van der Waals surface area contributed by atoms with E-state index in [4.69, 9.17) is 27.9 Å². The van der Waals surface area contributed by atoms with Gasteiger partial charge in [-0.15, -0.1) is 0 Å². The number of halogens is 2. The standard InChI is InChI=1S/C13H14Cl2N2O4S/c1-22-13-16-7-2-5(14)6(15)3-8(7)17(13)12-11(20)10(19)9(4-18)21-12/h2-3,9-12,18-20H,4H2,1H3/t9-,10-,11-,12-/m1/s1. The fourth-order valence-corrected chi connectivity index (χ4v) is 3.46. The summed E-state index contributed by atoms with van der Waals surface area (Å²) >= 11 is 13.4. The number of imidazole rings is 1. The Morgan fingerprint density at radius 2 is 1.95 bits per heavy atom. The van der Waals surface area contributed by atoms with Gasteiger partial charge in [0, 0.05) is 0 Å². The van der Waals surface area contributed by atoms with Gasteiger partial charge in [-0.3, -0.25) is 4.57 Å². The first-order chi connectivity index (χ1) is 10.5. The summed E-state index contributed by atoms with van der Waals surface area (Å²) in [6.45, 7) is -0.386. The van der Waals surface area contributed by atoms with Gasteiger partial charge in [0.25, 0.3) is 0 Å². The van der Waals surface area contributed by atoms with Crippen LogP contribution in [0.5, 0.6) is 0 Å². The van der Waals surface area contributed by atoms with E-state index in [0.29, 0.717) is 26.2 Å². The van der Waals surface area contributed by atoms with Gasteiger partial charge in [0.15, 0.2) is 11.4 Å². The van der Waals surface area contributed by atoms with Gasteiger partial charge in [-0.1, -0.05) is 35.0 Å². The molecule has 0 aliphatic carbocycles. The maximum Gasteiger partial charge on any atom is 0.170 e. The maximum absolute atomic E-state index is 10.2. The second kappa shape index (κ2) is 6.16. The van der Waals surface area contributed by atoms with Gasteiger partial charge in [0.1, 0.15) is 18.3 Å². The van der Waals surface area contributed by atoms with E-state index in [0.717, 1.165) is 0 Å². The van der Waals surface area contributed by atoms with Crippen molar-refractivity contribution in [3.05, 3.63) is 22.2 Å². The summed E-state index contributed by atoms with van der Waals surface area (Å²) in [6.07, 6.45) is -2.24. The minimum Gasteiger partial charge on any atom is -0.394 e. The second-order valence-corrected chi connectivity index (χ2v) is 6.54. The molecular formula is C13H14Cl2N2O4S. The third-order valence-corrected chi connectivity index (χ3v) is 5.03. The average molecular weight is 365 g/mol. The van der Waals surface area contributed by atoms with Gasteiger partial charge in [0.2, 0.25) is 0 Å². The molecule has 2 heterocycles. The van der Waals surface area contributed by atoms with Crippen molar-refractivity contribution in [2.45, 2.75) is 29.7 Å². The molecule has 1 aliphatic heterocycles. The van der Waals surface area contributed by atoms with E-state index in [1.807, 2.05) is 6.26 Å². The lowest BCUT2D eigenvalue weighted by Gasteiger charge is -2.19. The first-order valence-corrected chi connectivity index (χ1v) is 8.49. The highest BCUT2D eigenvalue weighted by molar-refractivity contribution is 7.98. The number of hydrogen-bond acceptors (Lipinski definition) is 6. The van der Waals surface area contributed by atoms with E-state index >= 15 is 0 Å². The Balaban J connectivity index is 2.15. The predicted octanol–water partition coefficient (Wildman–Crippen LogP) is 1.68. The highest BCUT2D eigenvalue weighted by Gasteiger charge is 2.44. The summed E-state index contributed by atoms with van der Waals surface area (Å²) in [7, 11) is 0. The number of thioether (sulfide) groups is 1. The van der Waals surface area contributed by atoms with Crippen LogP contribution in [0.1, 0.15) is 6.23 Å². The van der Waals surface area contributed by atoms with Crippen LogP contribution in [0, 0.1) is 0 Å². The molecule has 1 aromatic heterocycles. The number of aliphatic hydroxyl groups is 3. The Labute approximate surface area is 140 Å². The van der Waals surface area contributed by atoms with Gasteiger partial charge >= 0.3 is 0 Å². The summed E-state index contributed by atoms with van der Waals surface area (Å²) in [5.41, 5.74) is 1.24. The third-order valence-electron chi connectivity index (χ3n) is 3.65. The van der Waals surface area contributed by atoms with Crippen molar-refractivity contribution < 1.29 is 20.1 Å². The van der Waals surface area contributed by atoms with Gasteiger partial charge < -0.3 is 20.1 Å². The highest BCUT2D eigenvalue weighted by atomic mass is 35.5. The minimum absolute atomic E-state index is 0.356. The van der Waals surface area contributed by atoms with E-state index in [-0.39, 0.29) is 6.61 Å². The summed E-state index contributed by atoms with van der Waals surface area (Å²) < 4.78 is 7.24. The number of ether oxygens (including phenoxy) is 1. The van der Waals surface area contributed by atoms with E-state index in [2.05, 4.69) is 4.98 Å². The zero-order valence-electron chi connectivity index (χ0n) is 11.5. The molecule has 1 saturated heterocycles. The number of benzene rings is 1. The molecule has 9 heteroatoms. The van der Waals surface area contributed by atoms with Crippen LogP contribution in [0.3, 0.4) is 0 Å². The fourth-order valence-electron chi connectivity index (χ4n) is 2.55. The van der Waals surface area contributed by atoms with Gasteiger partial charge in [-0.2, -0.15) is 0 Å². The molecular weight excluding hydrogens is 351 g/mol. The van der Waals surface area contributed by atoms with Crippen molar-refractivity contribution >= 4 is 46.0 Å². The Kier molecular flexibility index (Phi) is 4.57. The lowest BCUT2D eigenvalue weighted by molar-refractivity contribution is -0.0545. The smallest absolute Gasteiger partial charge is 0.170 e. The van der Waals surface area contributed by atoms with Crippen LogP contribution in [0.2, 0.25) is 10.0 Å². The third kappa shape index (κ3) is 2.50. The monoisotopic (exact) mass is 364 g/mol. The van der Waals surface area contributed by atoms with E-state index in [9.17, 15) is 15.3 Å². The minimum atomic E-state index is -1.19. The normalized spacial score (nSPS) is 28.6. The molecule has 3 N–H and O–H groups in total. The SMILES string of the molecule is CSc1nc2cc(Cl)c(Cl)cc2n1[C@@H]1O[C@H](CO)[C@@H](O)[C@H]1O. The van der Waals surface area contributed by atoms with E-state index in [1.54, 1.807) is 16.7 Å². The number of aromatic nitrogens is 2. The van der Waals surface area contributed by atoms with Crippen molar-refractivity contribution in [2.24, 2.45) is 0 Å². The average Bonchev–Trinajstić information content (AvgIpc) is 2.98. The summed E-state index contributed by atoms with van der Waals surface area (Å²) in [5, 5.41) is 30.7. The number of rotatable bonds is 3. The van der Waals surface area contributed by atoms with Crippen LogP contribution >= 0.6 is 35.0 Å². The molecule has 0 unspecified atom stereocenters. The van der Waals surface area contributed by atoms with E-state index in [1.165, 1.54) is 11.8 Å². The summed E-state index contributed by atoms with van der Waals surface area (Å²) in [6, 6.07) is 3.28. The number of hydrogen-bond donors (Lipinski definition) is 3. The van der Waals surface area contributed by atoms with Crippen LogP contribution in [0.25, 0.3) is 11.0 Å². The van der Waals surface area contributed by atoms with Crippen LogP contribution < -0.4 is 0 Å². The first kappa shape index (κ1) is 16.3. The largest absolute Gasteiger partial charge is 0.394 e. The molecule has 1 aromatic carbocycles. The topological polar surface area (TPSA) is 87.7 Å². The maximum atomic E-state index is 10.2. The Hall–Kier alpha value is -0.540. The molecule has 0 bridgehead atoms. The quantitative estimate of drug-likeness (QED) is 0.718. The Bertz CT molecular complexity index is 711. The molecule has 2 aromatic rings. The second-order valence-electron chi connectivity index (χ2n) is 4.95.